The van der Waals surface area contributed by atoms with E-state index in [9.17, 15) is 56.2 Å². The lowest BCUT2D eigenvalue weighted by molar-refractivity contribution is -0.335. The monoisotopic (exact) mass is 917 g/mol. The Hall–Kier alpha value is -0.680. The molecule has 25 unspecified atom stereocenters. The van der Waals surface area contributed by atoms with E-state index in [0.29, 0.717) is 31.1 Å². The molecule has 17 nitrogen and oxygen atoms in total. The summed E-state index contributed by atoms with van der Waals surface area (Å²) in [6.45, 7) is 15.7. The van der Waals surface area contributed by atoms with E-state index in [1.165, 1.54) is 6.92 Å². The Morgan fingerprint density at radius 3 is 1.98 bits per heavy atom. The van der Waals surface area contributed by atoms with Crippen LogP contribution in [0.15, 0.2) is 0 Å². The standard InChI is InChI=1S/C47H80O17/c1-21(9-12-28(49)43(5,6)58)30-24(62-41-38(57)35(54)33(52)25(63-41)19-60-39-37(56)34(53)31(50)22(2)61-39)17-45(8)27-11-10-26-42(3,4)29(64-40-36(55)32(51)23(48)18-59-40)13-14-46(26)20-47(27,46)16-15-44(30,45)7/h21-41,48-58H,9-20H2,1-8H3. The number of rotatable bonds is 12. The van der Waals surface area contributed by atoms with Gasteiger partial charge in [0, 0.05) is 0 Å². The molecule has 0 bridgehead atoms. The second-order valence-electron chi connectivity index (χ2n) is 23.4. The van der Waals surface area contributed by atoms with Crippen molar-refractivity contribution >= 4 is 0 Å². The molecule has 8 rings (SSSR count). The second-order valence-corrected chi connectivity index (χ2v) is 23.4. The summed E-state index contributed by atoms with van der Waals surface area (Å²) in [6.07, 6.45) is -12.3. The number of aliphatic hydroxyl groups excluding tert-OH is 10. The van der Waals surface area contributed by atoms with Gasteiger partial charge in [-0.1, -0.05) is 34.6 Å². The molecule has 0 aromatic heterocycles. The highest BCUT2D eigenvalue weighted by molar-refractivity contribution is 5.31. The van der Waals surface area contributed by atoms with E-state index in [0.717, 1.165) is 44.9 Å². The molecule has 370 valence electrons. The molecule has 2 spiro atoms. The van der Waals surface area contributed by atoms with Gasteiger partial charge in [0.15, 0.2) is 18.9 Å². The van der Waals surface area contributed by atoms with Crippen LogP contribution in [0.4, 0.5) is 0 Å². The third kappa shape index (κ3) is 7.78. The van der Waals surface area contributed by atoms with E-state index in [4.69, 9.17) is 28.4 Å². The number of hydrogen-bond donors (Lipinski definition) is 11. The molecule has 17 heteroatoms. The van der Waals surface area contributed by atoms with Crippen LogP contribution >= 0.6 is 0 Å². The zero-order chi connectivity index (χ0) is 46.9. The number of aliphatic hydroxyl groups is 11. The minimum absolute atomic E-state index is 0.0000284. The predicted molar refractivity (Wildman–Crippen MR) is 225 cm³/mol. The fourth-order valence-electron chi connectivity index (χ4n) is 15.5. The lowest BCUT2D eigenvalue weighted by Gasteiger charge is -2.63. The zero-order valence-electron chi connectivity index (χ0n) is 39.0. The number of hydrogen-bond acceptors (Lipinski definition) is 17. The van der Waals surface area contributed by atoms with Crippen molar-refractivity contribution in [3.05, 3.63) is 0 Å². The molecule has 0 amide bonds. The quantitative estimate of drug-likeness (QED) is 0.119. The summed E-state index contributed by atoms with van der Waals surface area (Å²) < 4.78 is 36.7. The normalized spacial score (nSPS) is 54.5. The fraction of sp³-hybridized carbons (Fsp3) is 1.00. The second kappa shape index (κ2) is 17.3. The summed E-state index contributed by atoms with van der Waals surface area (Å²) in [5.74, 6) is 0.611. The van der Waals surface area contributed by atoms with Crippen LogP contribution in [0.2, 0.25) is 0 Å². The first-order valence-corrected chi connectivity index (χ1v) is 24.1. The fourth-order valence-corrected chi connectivity index (χ4v) is 15.5. The molecule has 3 aliphatic heterocycles. The van der Waals surface area contributed by atoms with Crippen molar-refractivity contribution in [2.75, 3.05) is 13.2 Å². The Morgan fingerprint density at radius 2 is 1.30 bits per heavy atom. The van der Waals surface area contributed by atoms with Crippen LogP contribution in [0.1, 0.15) is 120 Å². The van der Waals surface area contributed by atoms with Gasteiger partial charge in [-0.2, -0.15) is 0 Å². The Labute approximate surface area is 377 Å². The summed E-state index contributed by atoms with van der Waals surface area (Å²) >= 11 is 0. The van der Waals surface area contributed by atoms with Crippen LogP contribution in [0.25, 0.3) is 0 Å². The van der Waals surface area contributed by atoms with Crippen LogP contribution in [-0.4, -0.2) is 179 Å². The molecule has 8 fully saturated rings. The predicted octanol–water partition coefficient (Wildman–Crippen LogP) is 0.445. The van der Waals surface area contributed by atoms with Gasteiger partial charge in [0.05, 0.1) is 43.2 Å². The number of ether oxygens (including phenoxy) is 6. The molecule has 3 heterocycles. The summed E-state index contributed by atoms with van der Waals surface area (Å²) in [5, 5.41) is 118. The largest absolute Gasteiger partial charge is 0.390 e. The third-order valence-electron chi connectivity index (χ3n) is 19.4. The maximum absolute atomic E-state index is 11.5. The highest BCUT2D eigenvalue weighted by Crippen LogP contribution is 2.89. The Bertz CT molecular complexity index is 1650. The van der Waals surface area contributed by atoms with Crippen molar-refractivity contribution < 1.29 is 84.6 Å². The van der Waals surface area contributed by atoms with E-state index >= 15 is 0 Å². The first-order valence-electron chi connectivity index (χ1n) is 24.1. The SMILES string of the molecule is CC(CCC(O)C(C)(C)O)C1C(OC2OC(COC3OC(C)C(O)C(O)C3O)C(O)C(O)C2O)CC2(C)C3CCC4C(C)(C)C(OC5OCC(O)C(O)C5O)CCC45CC35CCC12C. The highest BCUT2D eigenvalue weighted by Gasteiger charge is 2.83. The minimum Gasteiger partial charge on any atom is -0.390 e. The Kier molecular flexibility index (Phi) is 13.5. The molecular weight excluding hydrogens is 836 g/mol. The van der Waals surface area contributed by atoms with Crippen LogP contribution < -0.4 is 0 Å². The van der Waals surface area contributed by atoms with Gasteiger partial charge in [0.2, 0.25) is 0 Å². The van der Waals surface area contributed by atoms with E-state index in [1.807, 2.05) is 0 Å². The molecule has 64 heavy (non-hydrogen) atoms. The third-order valence-corrected chi connectivity index (χ3v) is 19.4. The van der Waals surface area contributed by atoms with Gasteiger partial charge < -0.3 is 84.6 Å². The summed E-state index contributed by atoms with van der Waals surface area (Å²) in [6, 6.07) is 0. The minimum atomic E-state index is -1.67. The topological polar surface area (TPSA) is 278 Å². The van der Waals surface area contributed by atoms with Crippen molar-refractivity contribution in [1.29, 1.82) is 0 Å². The van der Waals surface area contributed by atoms with Crippen LogP contribution in [-0.2, 0) is 28.4 Å². The first kappa shape index (κ1) is 49.7. The molecule has 11 N–H and O–H groups in total. The van der Waals surface area contributed by atoms with Crippen molar-refractivity contribution in [1.82, 2.24) is 0 Å². The maximum Gasteiger partial charge on any atom is 0.186 e. The Morgan fingerprint density at radius 1 is 0.672 bits per heavy atom. The van der Waals surface area contributed by atoms with E-state index in [-0.39, 0.29) is 51.6 Å². The van der Waals surface area contributed by atoms with Crippen LogP contribution in [0.5, 0.6) is 0 Å². The molecule has 8 aliphatic rings. The number of fused-ring (bicyclic) bond motifs is 2. The molecule has 0 radical (unpaired) electrons. The molecule has 5 saturated carbocycles. The molecular formula is C47H80O17. The molecule has 0 aromatic rings. The Balaban J connectivity index is 1.03. The van der Waals surface area contributed by atoms with E-state index in [2.05, 4.69) is 34.6 Å². The van der Waals surface area contributed by atoms with Gasteiger partial charge in [-0.05, 0) is 136 Å². The van der Waals surface area contributed by atoms with Gasteiger partial charge in [0.1, 0.15) is 61.0 Å². The lowest BCUT2D eigenvalue weighted by atomic mass is 9.41. The molecule has 5 aliphatic carbocycles. The van der Waals surface area contributed by atoms with Crippen molar-refractivity contribution in [3.63, 3.8) is 0 Å². The van der Waals surface area contributed by atoms with Gasteiger partial charge in [-0.15, -0.1) is 0 Å². The maximum atomic E-state index is 11.5. The summed E-state index contributed by atoms with van der Waals surface area (Å²) in [7, 11) is 0. The lowest BCUT2D eigenvalue weighted by Crippen LogP contribution is -2.61. The van der Waals surface area contributed by atoms with Crippen LogP contribution in [0.3, 0.4) is 0 Å². The van der Waals surface area contributed by atoms with Gasteiger partial charge >= 0.3 is 0 Å². The van der Waals surface area contributed by atoms with Gasteiger partial charge in [-0.25, -0.2) is 0 Å². The average Bonchev–Trinajstić information content (AvgIpc) is 3.84. The molecule has 3 saturated heterocycles. The molecule has 0 aromatic carbocycles. The van der Waals surface area contributed by atoms with Crippen molar-refractivity contribution in [2.24, 2.45) is 50.7 Å². The van der Waals surface area contributed by atoms with Crippen molar-refractivity contribution in [3.8, 4) is 0 Å². The van der Waals surface area contributed by atoms with Gasteiger partial charge in [-0.3, -0.25) is 0 Å². The zero-order valence-corrected chi connectivity index (χ0v) is 39.0. The van der Waals surface area contributed by atoms with Gasteiger partial charge in [0.25, 0.3) is 0 Å². The first-order chi connectivity index (χ1) is 29.8. The van der Waals surface area contributed by atoms with E-state index < -0.39 is 110 Å². The molecule has 25 atom stereocenters. The summed E-state index contributed by atoms with van der Waals surface area (Å²) in [5.41, 5.74) is -1.85. The van der Waals surface area contributed by atoms with Crippen LogP contribution in [0, 0.1) is 50.7 Å². The van der Waals surface area contributed by atoms with E-state index in [1.54, 1.807) is 13.8 Å². The highest BCUT2D eigenvalue weighted by atomic mass is 16.7. The smallest absolute Gasteiger partial charge is 0.186 e. The summed E-state index contributed by atoms with van der Waals surface area (Å²) in [4.78, 5) is 0. The average molecular weight is 917 g/mol. The van der Waals surface area contributed by atoms with Crippen molar-refractivity contribution in [2.45, 2.75) is 230 Å².